The van der Waals surface area contributed by atoms with Crippen LogP contribution in [0.25, 0.3) is 11.5 Å². The number of aliphatic carboxylic acids is 1. The summed E-state index contributed by atoms with van der Waals surface area (Å²) in [7, 11) is 0. The predicted molar refractivity (Wildman–Crippen MR) is 119 cm³/mol. The second kappa shape index (κ2) is 8.46. The smallest absolute Gasteiger partial charge is 0.306 e. The quantitative estimate of drug-likeness (QED) is 0.527. The van der Waals surface area contributed by atoms with Gasteiger partial charge in [-0.05, 0) is 73.6 Å². The van der Waals surface area contributed by atoms with Crippen LogP contribution in [0.1, 0.15) is 47.4 Å². The maximum Gasteiger partial charge on any atom is 0.306 e. The molecule has 2 atom stereocenters. The van der Waals surface area contributed by atoms with Gasteiger partial charge in [-0.25, -0.2) is 4.98 Å². The Kier molecular flexibility index (Phi) is 5.72. The molecule has 0 aliphatic heterocycles. The molecule has 6 heteroatoms. The van der Waals surface area contributed by atoms with E-state index >= 15 is 0 Å². The molecule has 1 heterocycles. The number of nitrogen functional groups attached to an aromatic ring is 1. The van der Waals surface area contributed by atoms with E-state index in [9.17, 15) is 9.90 Å². The minimum absolute atomic E-state index is 0.0774. The minimum atomic E-state index is -0.742. The highest BCUT2D eigenvalue weighted by Crippen LogP contribution is 2.40. The van der Waals surface area contributed by atoms with Crippen LogP contribution in [-0.4, -0.2) is 22.7 Å². The maximum atomic E-state index is 11.3. The van der Waals surface area contributed by atoms with Gasteiger partial charge in [0.15, 0.2) is 0 Å². The van der Waals surface area contributed by atoms with E-state index in [1.54, 1.807) is 6.92 Å². The fourth-order valence-corrected chi connectivity index (χ4v) is 4.23. The van der Waals surface area contributed by atoms with Gasteiger partial charge in [0.25, 0.3) is 0 Å². The first-order valence-electron chi connectivity index (χ1n) is 10.6. The van der Waals surface area contributed by atoms with Crippen molar-refractivity contribution < 1.29 is 19.1 Å². The molecule has 0 radical (unpaired) electrons. The van der Waals surface area contributed by atoms with Crippen LogP contribution in [-0.2, 0) is 17.6 Å². The van der Waals surface area contributed by atoms with Gasteiger partial charge >= 0.3 is 5.97 Å². The molecule has 2 aromatic carbocycles. The Morgan fingerprint density at radius 2 is 2.10 bits per heavy atom. The Balaban J connectivity index is 1.40. The predicted octanol–water partition coefficient (Wildman–Crippen LogP) is 4.91. The lowest BCUT2D eigenvalue weighted by Crippen LogP contribution is -2.17. The number of ether oxygens (including phenoxy) is 1. The SMILES string of the molecule is Cc1ccc(-c2nc(CCOc3ccc4c(c3)CC[C@H]4[C@H](C)C(=O)O)c(C)o2)cc1N. The first kappa shape index (κ1) is 21.0. The largest absolute Gasteiger partial charge is 0.493 e. The van der Waals surface area contributed by atoms with E-state index < -0.39 is 5.97 Å². The number of aromatic nitrogens is 1. The van der Waals surface area contributed by atoms with Crippen molar-refractivity contribution >= 4 is 11.7 Å². The zero-order valence-electron chi connectivity index (χ0n) is 18.1. The van der Waals surface area contributed by atoms with Gasteiger partial charge in [-0.15, -0.1) is 0 Å². The lowest BCUT2D eigenvalue weighted by atomic mass is 9.89. The number of benzene rings is 2. The molecule has 1 aliphatic carbocycles. The van der Waals surface area contributed by atoms with Gasteiger partial charge in [-0.1, -0.05) is 19.1 Å². The number of fused-ring (bicyclic) bond motifs is 1. The van der Waals surface area contributed by atoms with Gasteiger partial charge in [-0.3, -0.25) is 4.79 Å². The summed E-state index contributed by atoms with van der Waals surface area (Å²) < 4.78 is 11.8. The summed E-state index contributed by atoms with van der Waals surface area (Å²) in [6.45, 7) is 6.14. The Labute approximate surface area is 182 Å². The summed E-state index contributed by atoms with van der Waals surface area (Å²) >= 11 is 0. The lowest BCUT2D eigenvalue weighted by molar-refractivity contribution is -0.141. The number of hydrogen-bond acceptors (Lipinski definition) is 5. The van der Waals surface area contributed by atoms with E-state index in [0.29, 0.717) is 18.9 Å². The van der Waals surface area contributed by atoms with Gasteiger partial charge < -0.3 is 20.0 Å². The summed E-state index contributed by atoms with van der Waals surface area (Å²) in [6, 6.07) is 11.8. The molecule has 0 saturated carbocycles. The second-order valence-electron chi connectivity index (χ2n) is 8.32. The third-order valence-corrected chi connectivity index (χ3v) is 6.26. The normalized spacial score (nSPS) is 16.2. The van der Waals surface area contributed by atoms with Crippen molar-refractivity contribution in [2.75, 3.05) is 12.3 Å². The van der Waals surface area contributed by atoms with Gasteiger partial charge in [0, 0.05) is 17.7 Å². The molecule has 0 bridgehead atoms. The van der Waals surface area contributed by atoms with E-state index in [2.05, 4.69) is 4.98 Å². The van der Waals surface area contributed by atoms with Crippen LogP contribution in [0.4, 0.5) is 5.69 Å². The molecular formula is C25H28N2O4. The van der Waals surface area contributed by atoms with Crippen LogP contribution in [0.2, 0.25) is 0 Å². The highest BCUT2D eigenvalue weighted by Gasteiger charge is 2.31. The van der Waals surface area contributed by atoms with Crippen LogP contribution in [0.5, 0.6) is 5.75 Å². The summed E-state index contributed by atoms with van der Waals surface area (Å²) in [5.74, 6) is 1.10. The van der Waals surface area contributed by atoms with Gasteiger partial charge in [0.05, 0.1) is 18.2 Å². The van der Waals surface area contributed by atoms with Crippen LogP contribution >= 0.6 is 0 Å². The Morgan fingerprint density at radius 1 is 1.29 bits per heavy atom. The first-order chi connectivity index (χ1) is 14.8. The molecule has 0 saturated heterocycles. The lowest BCUT2D eigenvalue weighted by Gasteiger charge is -2.16. The van der Waals surface area contributed by atoms with E-state index in [1.807, 2.05) is 50.2 Å². The topological polar surface area (TPSA) is 98.6 Å². The van der Waals surface area contributed by atoms with Crippen LogP contribution in [0, 0.1) is 19.8 Å². The molecule has 1 aliphatic rings. The molecule has 4 rings (SSSR count). The zero-order chi connectivity index (χ0) is 22.1. The molecule has 0 unspecified atom stereocenters. The second-order valence-corrected chi connectivity index (χ2v) is 8.32. The molecule has 162 valence electrons. The van der Waals surface area contributed by atoms with Crippen molar-refractivity contribution in [2.24, 2.45) is 5.92 Å². The molecule has 3 N–H and O–H groups in total. The Morgan fingerprint density at radius 3 is 2.84 bits per heavy atom. The van der Waals surface area contributed by atoms with Crippen LogP contribution in [0.3, 0.4) is 0 Å². The summed E-state index contributed by atoms with van der Waals surface area (Å²) in [6.07, 6.45) is 2.39. The van der Waals surface area contributed by atoms with Crippen molar-refractivity contribution in [2.45, 2.75) is 46.0 Å². The number of nitrogens with zero attached hydrogens (tertiary/aromatic N) is 1. The standard InChI is InChI=1S/C25H28N2O4/c1-14-4-5-18(13-22(14)26)24-27-23(16(3)31-24)10-11-30-19-7-9-21-17(12-19)6-8-20(21)15(2)25(28)29/h4-5,7,9,12-13,15,20H,6,8,10-11,26H2,1-3H3,(H,28,29)/t15-,20-/m0/s1. The summed E-state index contributed by atoms with van der Waals surface area (Å²) in [5, 5.41) is 9.32. The fourth-order valence-electron chi connectivity index (χ4n) is 4.23. The monoisotopic (exact) mass is 420 g/mol. The van der Waals surface area contributed by atoms with Gasteiger partial charge in [-0.2, -0.15) is 0 Å². The minimum Gasteiger partial charge on any atom is -0.493 e. The van der Waals surface area contributed by atoms with Crippen molar-refractivity contribution in [1.29, 1.82) is 0 Å². The number of oxazole rings is 1. The highest BCUT2D eigenvalue weighted by atomic mass is 16.5. The molecule has 1 aromatic heterocycles. The van der Waals surface area contributed by atoms with Gasteiger partial charge in [0.2, 0.25) is 5.89 Å². The number of hydrogen-bond donors (Lipinski definition) is 2. The Bertz CT molecular complexity index is 1120. The third-order valence-electron chi connectivity index (χ3n) is 6.26. The molecule has 0 amide bonds. The molecule has 3 aromatic rings. The number of anilines is 1. The third kappa shape index (κ3) is 4.29. The van der Waals surface area contributed by atoms with E-state index in [0.717, 1.165) is 52.4 Å². The molecule has 0 spiro atoms. The highest BCUT2D eigenvalue weighted by molar-refractivity contribution is 5.71. The van der Waals surface area contributed by atoms with E-state index in [4.69, 9.17) is 14.9 Å². The Hall–Kier alpha value is -3.28. The zero-order valence-corrected chi connectivity index (χ0v) is 18.1. The van der Waals surface area contributed by atoms with Crippen molar-refractivity contribution in [3.05, 3.63) is 64.5 Å². The molecular weight excluding hydrogens is 392 g/mol. The van der Waals surface area contributed by atoms with Crippen LogP contribution in [0.15, 0.2) is 40.8 Å². The van der Waals surface area contributed by atoms with E-state index in [-0.39, 0.29) is 11.8 Å². The number of rotatable bonds is 7. The number of nitrogens with two attached hydrogens (primary N) is 1. The number of aryl methyl sites for hydroxylation is 3. The van der Waals surface area contributed by atoms with Crippen molar-refractivity contribution in [3.8, 4) is 17.2 Å². The molecule has 6 nitrogen and oxygen atoms in total. The van der Waals surface area contributed by atoms with Crippen LogP contribution < -0.4 is 10.5 Å². The molecule has 31 heavy (non-hydrogen) atoms. The fraction of sp³-hybridized carbons (Fsp3) is 0.360. The molecule has 0 fully saturated rings. The number of carbonyl (C=O) groups is 1. The maximum absolute atomic E-state index is 11.3. The van der Waals surface area contributed by atoms with Crippen molar-refractivity contribution in [3.63, 3.8) is 0 Å². The van der Waals surface area contributed by atoms with Gasteiger partial charge in [0.1, 0.15) is 11.5 Å². The number of carboxylic acid groups (broad SMARTS) is 1. The average molecular weight is 421 g/mol. The summed E-state index contributed by atoms with van der Waals surface area (Å²) in [5.41, 5.74) is 11.8. The number of carboxylic acids is 1. The first-order valence-corrected chi connectivity index (χ1v) is 10.6. The van der Waals surface area contributed by atoms with Crippen molar-refractivity contribution in [1.82, 2.24) is 4.98 Å². The van der Waals surface area contributed by atoms with E-state index in [1.165, 1.54) is 5.56 Å². The average Bonchev–Trinajstić information content (AvgIpc) is 3.32. The summed E-state index contributed by atoms with van der Waals surface area (Å²) in [4.78, 5) is 16.0.